The second-order valence-electron chi connectivity index (χ2n) is 8.28. The second kappa shape index (κ2) is 12.4. The molecule has 35 heavy (non-hydrogen) atoms. The summed E-state index contributed by atoms with van der Waals surface area (Å²) >= 11 is 0. The molecule has 0 radical (unpaired) electrons. The molecule has 0 bridgehead atoms. The van der Waals surface area contributed by atoms with Crippen molar-refractivity contribution in [2.24, 2.45) is 0 Å². The van der Waals surface area contributed by atoms with Crippen molar-refractivity contribution in [1.82, 2.24) is 25.2 Å². The third-order valence-corrected chi connectivity index (χ3v) is 6.03. The highest BCUT2D eigenvalue weighted by Gasteiger charge is 2.21. The van der Waals surface area contributed by atoms with E-state index in [0.717, 1.165) is 67.4 Å². The quantitative estimate of drug-likeness (QED) is 0.499. The van der Waals surface area contributed by atoms with Crippen molar-refractivity contribution in [3.63, 3.8) is 0 Å². The molecule has 0 aliphatic carbocycles. The van der Waals surface area contributed by atoms with Crippen molar-refractivity contribution >= 4 is 28.4 Å². The van der Waals surface area contributed by atoms with Crippen LogP contribution < -0.4 is 15.5 Å². The zero-order valence-corrected chi connectivity index (χ0v) is 20.1. The van der Waals surface area contributed by atoms with Crippen LogP contribution in [-0.2, 0) is 9.53 Å². The first-order chi connectivity index (χ1) is 17.2. The van der Waals surface area contributed by atoms with Gasteiger partial charge in [0.2, 0.25) is 5.91 Å². The number of aliphatic hydroxyl groups is 1. The molecule has 10 nitrogen and oxygen atoms in total. The number of nitrogens with zero attached hydrogens (tertiary/aromatic N) is 5. The molecule has 2 aliphatic rings. The molecular formula is C25H33N7O3. The van der Waals surface area contributed by atoms with Crippen LogP contribution in [0.5, 0.6) is 0 Å². The van der Waals surface area contributed by atoms with Gasteiger partial charge in [-0.3, -0.25) is 9.78 Å². The Morgan fingerprint density at radius 2 is 1.80 bits per heavy atom. The van der Waals surface area contributed by atoms with Crippen LogP contribution in [0.4, 0.5) is 11.5 Å². The zero-order chi connectivity index (χ0) is 24.5. The standard InChI is InChI=1S/C21H24N6O2.C4H9NO/c1-22-21-20-18(23-7-8-24-20)14-17(25-21)15-2-4-16(5-3-15)26-9-11-27(12-10-26)19(29)6-13-28;1-3-6-4-2-5-1/h2-5,7-8,14,28H,6,9-13H2,1H3,(H,22,25);5H,1-4H2. The molecule has 2 aliphatic heterocycles. The number of piperazine rings is 1. The molecule has 2 fully saturated rings. The largest absolute Gasteiger partial charge is 0.396 e. The van der Waals surface area contributed by atoms with Crippen LogP contribution in [-0.4, -0.2) is 97.0 Å². The van der Waals surface area contributed by atoms with Gasteiger partial charge < -0.3 is 30.3 Å². The van der Waals surface area contributed by atoms with E-state index in [1.54, 1.807) is 12.4 Å². The molecule has 1 aromatic carbocycles. The molecule has 5 rings (SSSR count). The van der Waals surface area contributed by atoms with E-state index in [2.05, 4.69) is 54.8 Å². The number of benzene rings is 1. The lowest BCUT2D eigenvalue weighted by atomic mass is 10.1. The van der Waals surface area contributed by atoms with E-state index in [1.807, 2.05) is 18.0 Å². The van der Waals surface area contributed by atoms with Crippen molar-refractivity contribution in [1.29, 1.82) is 0 Å². The SMILES string of the molecule is C1COCCN1.CNc1nc(-c2ccc(N3CCN(C(=O)CCO)CC3)cc2)cc2nccnc12. The molecule has 0 spiro atoms. The zero-order valence-electron chi connectivity index (χ0n) is 20.1. The second-order valence-corrected chi connectivity index (χ2v) is 8.28. The summed E-state index contributed by atoms with van der Waals surface area (Å²) in [5.41, 5.74) is 4.53. The number of hydrogen-bond donors (Lipinski definition) is 3. The van der Waals surface area contributed by atoms with Crippen LogP contribution in [0.1, 0.15) is 6.42 Å². The van der Waals surface area contributed by atoms with Crippen LogP contribution in [0.2, 0.25) is 0 Å². The van der Waals surface area contributed by atoms with Crippen LogP contribution >= 0.6 is 0 Å². The minimum Gasteiger partial charge on any atom is -0.396 e. The number of fused-ring (bicyclic) bond motifs is 1. The summed E-state index contributed by atoms with van der Waals surface area (Å²) in [6, 6.07) is 10.2. The van der Waals surface area contributed by atoms with Gasteiger partial charge in [0, 0.05) is 76.4 Å². The Hall–Kier alpha value is -3.34. The Morgan fingerprint density at radius 3 is 2.40 bits per heavy atom. The van der Waals surface area contributed by atoms with Crippen molar-refractivity contribution in [2.45, 2.75) is 6.42 Å². The first kappa shape index (κ1) is 24.8. The summed E-state index contributed by atoms with van der Waals surface area (Å²) in [6.07, 6.45) is 3.54. The highest BCUT2D eigenvalue weighted by Crippen LogP contribution is 2.27. The number of ether oxygens (including phenoxy) is 1. The van der Waals surface area contributed by atoms with Crippen LogP contribution in [0.3, 0.4) is 0 Å². The number of carbonyl (C=O) groups excluding carboxylic acids is 1. The summed E-state index contributed by atoms with van der Waals surface area (Å²) < 4.78 is 5.01. The number of hydrogen-bond acceptors (Lipinski definition) is 9. The number of anilines is 2. The number of aromatic nitrogens is 3. The molecule has 3 N–H and O–H groups in total. The molecule has 0 saturated carbocycles. The van der Waals surface area contributed by atoms with E-state index in [9.17, 15) is 4.79 Å². The normalized spacial score (nSPS) is 15.9. The fourth-order valence-electron chi connectivity index (χ4n) is 4.12. The molecule has 1 amide bonds. The molecule has 4 heterocycles. The van der Waals surface area contributed by atoms with E-state index >= 15 is 0 Å². The number of morpholine rings is 1. The molecular weight excluding hydrogens is 446 g/mol. The minimum atomic E-state index is -0.0931. The third-order valence-electron chi connectivity index (χ3n) is 6.03. The predicted molar refractivity (Wildman–Crippen MR) is 137 cm³/mol. The van der Waals surface area contributed by atoms with Gasteiger partial charge in [-0.05, 0) is 18.2 Å². The van der Waals surface area contributed by atoms with Gasteiger partial charge in [0.1, 0.15) is 5.52 Å². The lowest BCUT2D eigenvalue weighted by Gasteiger charge is -2.36. The molecule has 0 unspecified atom stereocenters. The highest BCUT2D eigenvalue weighted by atomic mass is 16.5. The van der Waals surface area contributed by atoms with Crippen molar-refractivity contribution < 1.29 is 14.6 Å². The third kappa shape index (κ3) is 6.41. The van der Waals surface area contributed by atoms with Gasteiger partial charge in [0.25, 0.3) is 0 Å². The van der Waals surface area contributed by atoms with Gasteiger partial charge in [-0.2, -0.15) is 0 Å². The smallest absolute Gasteiger partial charge is 0.225 e. The maximum absolute atomic E-state index is 11.9. The summed E-state index contributed by atoms with van der Waals surface area (Å²) in [5.74, 6) is 0.728. The van der Waals surface area contributed by atoms with Crippen molar-refractivity contribution in [3.05, 3.63) is 42.7 Å². The highest BCUT2D eigenvalue weighted by molar-refractivity contribution is 5.88. The number of carbonyl (C=O) groups is 1. The first-order valence-corrected chi connectivity index (χ1v) is 12.0. The van der Waals surface area contributed by atoms with Gasteiger partial charge in [0.05, 0.1) is 31.0 Å². The van der Waals surface area contributed by atoms with Gasteiger partial charge in [0.15, 0.2) is 5.82 Å². The predicted octanol–water partition coefficient (Wildman–Crippen LogP) is 1.37. The Kier molecular flexibility index (Phi) is 8.77. The fraction of sp³-hybridized carbons (Fsp3) is 0.440. The summed E-state index contributed by atoms with van der Waals surface area (Å²) in [5, 5.41) is 15.2. The number of nitrogens with one attached hydrogen (secondary N) is 2. The monoisotopic (exact) mass is 479 g/mol. The fourth-order valence-corrected chi connectivity index (χ4v) is 4.12. The molecule has 186 valence electrons. The van der Waals surface area contributed by atoms with E-state index in [-0.39, 0.29) is 18.9 Å². The Morgan fingerprint density at radius 1 is 1.09 bits per heavy atom. The maximum Gasteiger partial charge on any atom is 0.225 e. The average Bonchev–Trinajstić information content (AvgIpc) is 2.94. The Bertz CT molecular complexity index is 1090. The van der Waals surface area contributed by atoms with Gasteiger partial charge in [-0.1, -0.05) is 12.1 Å². The first-order valence-electron chi connectivity index (χ1n) is 12.0. The summed E-state index contributed by atoms with van der Waals surface area (Å²) in [6.45, 7) is 6.66. The molecule has 2 saturated heterocycles. The van der Waals surface area contributed by atoms with Crippen LogP contribution in [0.25, 0.3) is 22.3 Å². The van der Waals surface area contributed by atoms with E-state index in [1.165, 1.54) is 0 Å². The van der Waals surface area contributed by atoms with Gasteiger partial charge in [-0.15, -0.1) is 0 Å². The van der Waals surface area contributed by atoms with Gasteiger partial charge >= 0.3 is 0 Å². The topological polar surface area (TPSA) is 116 Å². The molecule has 10 heteroatoms. The Labute approximate surface area is 205 Å². The maximum atomic E-state index is 11.9. The molecule has 2 aromatic heterocycles. The minimum absolute atomic E-state index is 0.0216. The van der Waals surface area contributed by atoms with E-state index in [0.29, 0.717) is 18.9 Å². The molecule has 0 atom stereocenters. The summed E-state index contributed by atoms with van der Waals surface area (Å²) in [4.78, 5) is 29.4. The van der Waals surface area contributed by atoms with Crippen LogP contribution in [0.15, 0.2) is 42.7 Å². The summed E-state index contributed by atoms with van der Waals surface area (Å²) in [7, 11) is 1.83. The Balaban J connectivity index is 0.000000421. The van der Waals surface area contributed by atoms with Gasteiger partial charge in [-0.25, -0.2) is 9.97 Å². The van der Waals surface area contributed by atoms with E-state index in [4.69, 9.17) is 9.84 Å². The lowest BCUT2D eigenvalue weighted by Crippen LogP contribution is -2.48. The molecule has 3 aromatic rings. The number of rotatable bonds is 5. The lowest BCUT2D eigenvalue weighted by molar-refractivity contribution is -0.132. The van der Waals surface area contributed by atoms with Crippen molar-refractivity contribution in [3.8, 4) is 11.3 Å². The van der Waals surface area contributed by atoms with Crippen LogP contribution in [0, 0.1) is 0 Å². The number of pyridine rings is 1. The number of amides is 1. The van der Waals surface area contributed by atoms with Crippen molar-refractivity contribution in [2.75, 3.05) is 76.4 Å². The number of aliphatic hydroxyl groups excluding tert-OH is 1. The van der Waals surface area contributed by atoms with E-state index < -0.39 is 0 Å². The average molecular weight is 480 g/mol.